The van der Waals surface area contributed by atoms with Gasteiger partial charge in [-0.15, -0.1) is 12.4 Å². The Hall–Kier alpha value is -0.680. The zero-order valence-electron chi connectivity index (χ0n) is 9.07. The summed E-state index contributed by atoms with van der Waals surface area (Å²) in [4.78, 5) is 0. The van der Waals surface area contributed by atoms with E-state index in [1.165, 1.54) is 14.2 Å². The number of benzene rings is 1. The molecule has 1 rings (SSSR count). The van der Waals surface area contributed by atoms with Gasteiger partial charge in [-0.1, -0.05) is 17.7 Å². The van der Waals surface area contributed by atoms with Crippen molar-refractivity contribution in [2.24, 2.45) is 5.73 Å². The molecule has 0 bridgehead atoms. The van der Waals surface area contributed by atoms with Crippen LogP contribution in [0.1, 0.15) is 11.6 Å². The molecule has 1 atom stereocenters. The maximum atomic E-state index is 8.95. The van der Waals surface area contributed by atoms with Crippen LogP contribution in [0.5, 0.6) is 11.5 Å². The molecule has 0 heterocycles. The molecule has 0 aromatic heterocycles. The first-order valence-electron chi connectivity index (χ1n) is 4.42. The van der Waals surface area contributed by atoms with Gasteiger partial charge in [0, 0.05) is 0 Å². The Labute approximate surface area is 106 Å². The second kappa shape index (κ2) is 6.81. The van der Waals surface area contributed by atoms with E-state index >= 15 is 0 Å². The number of halogens is 2. The summed E-state index contributed by atoms with van der Waals surface area (Å²) in [5.41, 5.74) is 6.32. The van der Waals surface area contributed by atoms with E-state index in [-0.39, 0.29) is 19.0 Å². The fourth-order valence-electron chi connectivity index (χ4n) is 1.29. The van der Waals surface area contributed by atoms with Gasteiger partial charge >= 0.3 is 0 Å². The van der Waals surface area contributed by atoms with Gasteiger partial charge in [-0.05, 0) is 11.6 Å². The van der Waals surface area contributed by atoms with Crippen molar-refractivity contribution in [3.8, 4) is 11.5 Å². The van der Waals surface area contributed by atoms with Crippen molar-refractivity contribution in [2.75, 3.05) is 20.8 Å². The molecular formula is C10H15Cl2NO3. The summed E-state index contributed by atoms with van der Waals surface area (Å²) in [6.45, 7) is -0.171. The Morgan fingerprint density at radius 2 is 2.00 bits per heavy atom. The lowest BCUT2D eigenvalue weighted by atomic mass is 10.1. The number of nitrogens with two attached hydrogens (primary N) is 1. The minimum atomic E-state index is -0.516. The number of rotatable bonds is 4. The van der Waals surface area contributed by atoms with E-state index in [0.717, 1.165) is 0 Å². The lowest BCUT2D eigenvalue weighted by molar-refractivity contribution is 0.267. The van der Waals surface area contributed by atoms with E-state index in [4.69, 9.17) is 31.9 Å². The average Bonchev–Trinajstić information content (AvgIpc) is 2.27. The lowest BCUT2D eigenvalue weighted by Crippen LogP contribution is -2.15. The minimum Gasteiger partial charge on any atom is -0.493 e. The van der Waals surface area contributed by atoms with Crippen molar-refractivity contribution in [1.29, 1.82) is 0 Å². The highest BCUT2D eigenvalue weighted by atomic mass is 35.5. The van der Waals surface area contributed by atoms with Gasteiger partial charge in [-0.2, -0.15) is 0 Å². The zero-order valence-corrected chi connectivity index (χ0v) is 10.6. The smallest absolute Gasteiger partial charge is 0.179 e. The molecule has 0 radical (unpaired) electrons. The minimum absolute atomic E-state index is 0. The molecule has 3 N–H and O–H groups in total. The lowest BCUT2D eigenvalue weighted by Gasteiger charge is -2.15. The molecule has 0 saturated carbocycles. The van der Waals surface area contributed by atoms with E-state index in [1.807, 2.05) is 0 Å². The Morgan fingerprint density at radius 1 is 1.38 bits per heavy atom. The molecule has 0 saturated heterocycles. The third-order valence-corrected chi connectivity index (χ3v) is 2.50. The van der Waals surface area contributed by atoms with Crippen LogP contribution in [0.3, 0.4) is 0 Å². The predicted octanol–water partition coefficient (Wildman–Crippen LogP) is 1.77. The molecule has 0 aliphatic carbocycles. The SMILES string of the molecule is COc1ccc([C@@H](N)CO)c(Cl)c1OC.Cl. The van der Waals surface area contributed by atoms with Crippen LogP contribution in [0.15, 0.2) is 12.1 Å². The maximum absolute atomic E-state index is 8.95. The Balaban J connectivity index is 0.00000225. The van der Waals surface area contributed by atoms with Gasteiger partial charge in [0.15, 0.2) is 11.5 Å². The number of hydrogen-bond acceptors (Lipinski definition) is 4. The Bertz CT molecular complexity index is 347. The van der Waals surface area contributed by atoms with Crippen LogP contribution >= 0.6 is 24.0 Å². The fourth-order valence-corrected chi connectivity index (χ4v) is 1.66. The number of ether oxygens (including phenoxy) is 2. The molecule has 1 aromatic carbocycles. The van der Waals surface area contributed by atoms with Crippen molar-refractivity contribution in [2.45, 2.75) is 6.04 Å². The van der Waals surface area contributed by atoms with Crippen molar-refractivity contribution in [3.05, 3.63) is 22.7 Å². The molecule has 0 spiro atoms. The van der Waals surface area contributed by atoms with E-state index < -0.39 is 6.04 Å². The average molecular weight is 268 g/mol. The van der Waals surface area contributed by atoms with Crippen LogP contribution < -0.4 is 15.2 Å². The molecule has 1 aromatic rings. The van der Waals surface area contributed by atoms with Crippen LogP contribution in [-0.4, -0.2) is 25.9 Å². The van der Waals surface area contributed by atoms with Gasteiger partial charge in [0.05, 0.1) is 31.9 Å². The topological polar surface area (TPSA) is 64.7 Å². The van der Waals surface area contributed by atoms with Crippen molar-refractivity contribution in [1.82, 2.24) is 0 Å². The van der Waals surface area contributed by atoms with Gasteiger partial charge < -0.3 is 20.3 Å². The van der Waals surface area contributed by atoms with Crippen molar-refractivity contribution < 1.29 is 14.6 Å². The quantitative estimate of drug-likeness (QED) is 0.873. The molecule has 16 heavy (non-hydrogen) atoms. The summed E-state index contributed by atoms with van der Waals surface area (Å²) in [5.74, 6) is 0.969. The number of aliphatic hydroxyl groups is 1. The van der Waals surface area contributed by atoms with E-state index in [0.29, 0.717) is 22.1 Å². The predicted molar refractivity (Wildman–Crippen MR) is 65.8 cm³/mol. The summed E-state index contributed by atoms with van der Waals surface area (Å²) < 4.78 is 10.2. The standard InChI is InChI=1S/C10H14ClNO3.ClH/c1-14-8-4-3-6(7(12)5-13)9(11)10(8)15-2;/h3-4,7,13H,5,12H2,1-2H3;1H/t7-;/m0./s1. The van der Waals surface area contributed by atoms with Gasteiger partial charge in [0.2, 0.25) is 0 Å². The van der Waals surface area contributed by atoms with E-state index in [1.54, 1.807) is 12.1 Å². The normalized spacial score (nSPS) is 11.6. The summed E-state index contributed by atoms with van der Waals surface area (Å²) in [5, 5.41) is 9.32. The summed E-state index contributed by atoms with van der Waals surface area (Å²) >= 11 is 6.07. The summed E-state index contributed by atoms with van der Waals surface area (Å²) in [6, 6.07) is 2.90. The van der Waals surface area contributed by atoms with Crippen LogP contribution in [-0.2, 0) is 0 Å². The molecule has 4 nitrogen and oxygen atoms in total. The van der Waals surface area contributed by atoms with Gasteiger partial charge in [-0.25, -0.2) is 0 Å². The zero-order chi connectivity index (χ0) is 11.4. The van der Waals surface area contributed by atoms with Gasteiger partial charge in [0.1, 0.15) is 0 Å². The van der Waals surface area contributed by atoms with Crippen LogP contribution in [0.25, 0.3) is 0 Å². The fraction of sp³-hybridized carbons (Fsp3) is 0.400. The largest absolute Gasteiger partial charge is 0.493 e. The van der Waals surface area contributed by atoms with Crippen LogP contribution in [0, 0.1) is 0 Å². The number of hydrogen-bond donors (Lipinski definition) is 2. The first kappa shape index (κ1) is 15.3. The number of aliphatic hydroxyl groups excluding tert-OH is 1. The van der Waals surface area contributed by atoms with E-state index in [2.05, 4.69) is 0 Å². The second-order valence-electron chi connectivity index (χ2n) is 2.99. The van der Waals surface area contributed by atoms with Crippen LogP contribution in [0.4, 0.5) is 0 Å². The van der Waals surface area contributed by atoms with Gasteiger partial charge in [-0.3, -0.25) is 0 Å². The van der Waals surface area contributed by atoms with Crippen molar-refractivity contribution in [3.63, 3.8) is 0 Å². The molecule has 0 aliphatic rings. The maximum Gasteiger partial charge on any atom is 0.179 e. The molecule has 0 amide bonds. The first-order chi connectivity index (χ1) is 7.15. The monoisotopic (exact) mass is 267 g/mol. The molecule has 0 fully saturated rings. The molecule has 92 valence electrons. The third kappa shape index (κ3) is 2.92. The highest BCUT2D eigenvalue weighted by Gasteiger charge is 2.16. The first-order valence-corrected chi connectivity index (χ1v) is 4.80. The summed E-state index contributed by atoms with van der Waals surface area (Å²) in [7, 11) is 3.03. The molecule has 0 aliphatic heterocycles. The second-order valence-corrected chi connectivity index (χ2v) is 3.37. The van der Waals surface area contributed by atoms with Gasteiger partial charge in [0.25, 0.3) is 0 Å². The third-order valence-electron chi connectivity index (χ3n) is 2.11. The van der Waals surface area contributed by atoms with Crippen LogP contribution in [0.2, 0.25) is 5.02 Å². The molecule has 0 unspecified atom stereocenters. The highest BCUT2D eigenvalue weighted by Crippen LogP contribution is 2.38. The van der Waals surface area contributed by atoms with E-state index in [9.17, 15) is 0 Å². The van der Waals surface area contributed by atoms with Crippen molar-refractivity contribution >= 4 is 24.0 Å². The molecule has 6 heteroatoms. The Morgan fingerprint density at radius 3 is 2.44 bits per heavy atom. The number of methoxy groups -OCH3 is 2. The Kier molecular flexibility index (Phi) is 6.52. The summed E-state index contributed by atoms with van der Waals surface area (Å²) in [6.07, 6.45) is 0. The molecular weight excluding hydrogens is 253 g/mol. The highest BCUT2D eigenvalue weighted by molar-refractivity contribution is 6.33.